The molecule has 45 valence electrons. The Balaban J connectivity index is 0.000000490. The summed E-state index contributed by atoms with van der Waals surface area (Å²) in [5.74, 6) is 1.06. The first-order valence-electron chi connectivity index (χ1n) is 2.73. The molecule has 0 spiro atoms. The first-order valence-corrected chi connectivity index (χ1v) is 2.73. The van der Waals surface area contributed by atoms with Crippen molar-refractivity contribution in [1.29, 1.82) is 0 Å². The summed E-state index contributed by atoms with van der Waals surface area (Å²) in [6, 6.07) is 0. The minimum absolute atomic E-state index is 0. The third-order valence-electron chi connectivity index (χ3n) is 1.60. The first-order chi connectivity index (χ1) is 3.22. The Morgan fingerprint density at radius 1 is 1.75 bits per heavy atom. The Morgan fingerprint density at radius 3 is 2.12 bits per heavy atom. The van der Waals surface area contributed by atoms with E-state index in [1.54, 1.807) is 0 Å². The summed E-state index contributed by atoms with van der Waals surface area (Å²) in [6.45, 7) is 5.62. The van der Waals surface area contributed by atoms with Crippen LogP contribution in [0.4, 0.5) is 0 Å². The molecule has 0 aromatic carbocycles. The number of hydrogen-bond acceptors (Lipinski definition) is 1. The maximum atomic E-state index is 8.82. The summed E-state index contributed by atoms with van der Waals surface area (Å²) in [7, 11) is 0. The maximum Gasteiger partial charge on any atom is 0.0517 e. The van der Waals surface area contributed by atoms with Crippen molar-refractivity contribution in [2.75, 3.05) is 0 Å². The van der Waals surface area contributed by atoms with Gasteiger partial charge in [-0.25, -0.2) is 0 Å². The molecule has 0 aromatic rings. The molecule has 0 aliphatic heterocycles. The van der Waals surface area contributed by atoms with Crippen LogP contribution in [0.5, 0.6) is 0 Å². The van der Waals surface area contributed by atoms with E-state index in [-0.39, 0.29) is 38.8 Å². The van der Waals surface area contributed by atoms with E-state index in [1.165, 1.54) is 0 Å². The van der Waals surface area contributed by atoms with E-state index in [1.807, 2.05) is 6.92 Å². The molecule has 1 unspecified atom stereocenters. The fraction of sp³-hybridized carbons (Fsp3) is 0.833. The van der Waals surface area contributed by atoms with E-state index >= 15 is 0 Å². The standard InChI is InChI=1S/C6H11O.Y/c1-4-3-6(4)5(2)7;/h4-7H,1,3H2,2H3;/q-1;/t4-,5?,6-;/m0./s1. The van der Waals surface area contributed by atoms with Crippen LogP contribution in [-0.4, -0.2) is 11.2 Å². The smallest absolute Gasteiger partial charge is 0.0517 e. The van der Waals surface area contributed by atoms with Gasteiger partial charge in [-0.05, 0) is 12.8 Å². The molecule has 1 aliphatic carbocycles. The van der Waals surface area contributed by atoms with E-state index in [0.717, 1.165) is 6.42 Å². The number of rotatable bonds is 1. The van der Waals surface area contributed by atoms with E-state index in [9.17, 15) is 0 Å². The summed E-state index contributed by atoms with van der Waals surface area (Å²) in [4.78, 5) is 0. The second-order valence-electron chi connectivity index (χ2n) is 2.40. The Morgan fingerprint density at radius 2 is 2.12 bits per heavy atom. The van der Waals surface area contributed by atoms with Gasteiger partial charge in [0, 0.05) is 32.7 Å². The molecule has 1 N–H and O–H groups in total. The molecule has 0 aromatic heterocycles. The second kappa shape index (κ2) is 3.29. The van der Waals surface area contributed by atoms with Gasteiger partial charge in [-0.15, -0.1) is 0 Å². The Kier molecular flexibility index (Phi) is 3.72. The molecule has 1 nitrogen and oxygen atoms in total. The van der Waals surface area contributed by atoms with Gasteiger partial charge in [0.15, 0.2) is 0 Å². The van der Waals surface area contributed by atoms with Crippen LogP contribution in [0.2, 0.25) is 0 Å². The van der Waals surface area contributed by atoms with Gasteiger partial charge >= 0.3 is 0 Å². The number of aliphatic hydroxyl groups is 1. The van der Waals surface area contributed by atoms with Crippen LogP contribution in [-0.2, 0) is 32.7 Å². The Labute approximate surface area is 75.7 Å². The van der Waals surface area contributed by atoms with Crippen molar-refractivity contribution >= 4 is 0 Å². The number of aliphatic hydroxyl groups excluding tert-OH is 1. The van der Waals surface area contributed by atoms with Crippen LogP contribution in [0.3, 0.4) is 0 Å². The Hall–Kier alpha value is 1.06. The molecule has 0 saturated heterocycles. The quantitative estimate of drug-likeness (QED) is 0.604. The molecule has 3 atom stereocenters. The van der Waals surface area contributed by atoms with E-state index < -0.39 is 0 Å². The van der Waals surface area contributed by atoms with Crippen LogP contribution < -0.4 is 0 Å². The van der Waals surface area contributed by atoms with Crippen LogP contribution in [0.1, 0.15) is 13.3 Å². The van der Waals surface area contributed by atoms with Gasteiger partial charge in [-0.1, -0.05) is 6.42 Å². The van der Waals surface area contributed by atoms with Crippen molar-refractivity contribution in [3.8, 4) is 0 Å². The van der Waals surface area contributed by atoms with E-state index in [0.29, 0.717) is 11.8 Å². The predicted molar refractivity (Wildman–Crippen MR) is 28.6 cm³/mol. The van der Waals surface area contributed by atoms with Crippen molar-refractivity contribution < 1.29 is 37.8 Å². The molecule has 1 radical (unpaired) electrons. The molecule has 0 bridgehead atoms. The average Bonchev–Trinajstić information content (AvgIpc) is 2.17. The zero-order valence-electron chi connectivity index (χ0n) is 5.17. The third-order valence-corrected chi connectivity index (χ3v) is 1.60. The van der Waals surface area contributed by atoms with Gasteiger partial charge in [-0.2, -0.15) is 5.92 Å². The van der Waals surface area contributed by atoms with Crippen molar-refractivity contribution in [3.05, 3.63) is 6.92 Å². The zero-order chi connectivity index (χ0) is 5.44. The van der Waals surface area contributed by atoms with Gasteiger partial charge in [0.25, 0.3) is 0 Å². The molecule has 0 amide bonds. The summed E-state index contributed by atoms with van der Waals surface area (Å²) in [6.07, 6.45) is 1.000. The number of hydrogen-bond donors (Lipinski definition) is 1. The van der Waals surface area contributed by atoms with Gasteiger partial charge in [0.1, 0.15) is 0 Å². The fourth-order valence-electron chi connectivity index (χ4n) is 0.862. The first kappa shape index (κ1) is 9.06. The summed E-state index contributed by atoms with van der Waals surface area (Å²) in [5.41, 5.74) is 0. The topological polar surface area (TPSA) is 20.2 Å². The van der Waals surface area contributed by atoms with Crippen LogP contribution in [0.15, 0.2) is 0 Å². The minimum atomic E-state index is -0.123. The molecule has 0 heterocycles. The summed E-state index contributed by atoms with van der Waals surface area (Å²) < 4.78 is 0. The van der Waals surface area contributed by atoms with E-state index in [2.05, 4.69) is 6.92 Å². The van der Waals surface area contributed by atoms with Gasteiger partial charge in [0.2, 0.25) is 0 Å². The average molecular weight is 188 g/mol. The molecule has 8 heavy (non-hydrogen) atoms. The van der Waals surface area contributed by atoms with Crippen LogP contribution in [0.25, 0.3) is 0 Å². The van der Waals surface area contributed by atoms with Gasteiger partial charge in [0.05, 0.1) is 6.10 Å². The van der Waals surface area contributed by atoms with Crippen LogP contribution >= 0.6 is 0 Å². The predicted octanol–water partition coefficient (Wildman–Crippen LogP) is 0.835. The maximum absolute atomic E-state index is 8.82. The monoisotopic (exact) mass is 188 g/mol. The molecular weight excluding hydrogens is 177 g/mol. The fourth-order valence-corrected chi connectivity index (χ4v) is 0.862. The largest absolute Gasteiger partial charge is 0.393 e. The van der Waals surface area contributed by atoms with Gasteiger partial charge in [-0.3, -0.25) is 0 Å². The molecule has 2 heteroatoms. The van der Waals surface area contributed by atoms with Crippen molar-refractivity contribution in [1.82, 2.24) is 0 Å². The van der Waals surface area contributed by atoms with Crippen molar-refractivity contribution in [2.45, 2.75) is 19.4 Å². The molecule has 1 saturated carbocycles. The molecule has 1 fully saturated rings. The normalized spacial score (nSPS) is 37.9. The third kappa shape index (κ3) is 2.12. The summed E-state index contributed by atoms with van der Waals surface area (Å²) in [5, 5.41) is 8.82. The van der Waals surface area contributed by atoms with E-state index in [4.69, 9.17) is 5.11 Å². The minimum Gasteiger partial charge on any atom is -0.393 e. The molecule has 1 rings (SSSR count). The molecule has 1 aliphatic rings. The zero-order valence-corrected chi connectivity index (χ0v) is 8.01. The SMILES string of the molecule is [CH2-][C@H]1C[C@@H]1C(C)O.[Y]. The molecular formula is C6H11OY-. The van der Waals surface area contributed by atoms with Crippen molar-refractivity contribution in [3.63, 3.8) is 0 Å². The Bertz CT molecular complexity index is 72.9. The van der Waals surface area contributed by atoms with Crippen molar-refractivity contribution in [2.24, 2.45) is 11.8 Å². The van der Waals surface area contributed by atoms with Crippen LogP contribution in [0, 0.1) is 18.8 Å². The summed E-state index contributed by atoms with van der Waals surface area (Å²) >= 11 is 0. The van der Waals surface area contributed by atoms with Gasteiger partial charge < -0.3 is 12.0 Å². The second-order valence-corrected chi connectivity index (χ2v) is 2.40.